The van der Waals surface area contributed by atoms with Gasteiger partial charge in [0.05, 0.1) is 12.1 Å². The first-order chi connectivity index (χ1) is 6.73. The van der Waals surface area contributed by atoms with Gasteiger partial charge in [0.15, 0.2) is 0 Å². The largest absolute Gasteiger partial charge is 0.391 e. The highest BCUT2D eigenvalue weighted by Gasteiger charge is 2.50. The van der Waals surface area contributed by atoms with Gasteiger partial charge in [0.2, 0.25) is 0 Å². The van der Waals surface area contributed by atoms with E-state index >= 15 is 0 Å². The van der Waals surface area contributed by atoms with Crippen LogP contribution < -0.4 is 5.73 Å². The minimum Gasteiger partial charge on any atom is -0.391 e. The Kier molecular flexibility index (Phi) is 1.56. The molecule has 0 saturated heterocycles. The molecule has 0 bridgehead atoms. The van der Waals surface area contributed by atoms with E-state index in [9.17, 15) is 5.11 Å². The van der Waals surface area contributed by atoms with Crippen molar-refractivity contribution in [1.29, 1.82) is 0 Å². The van der Waals surface area contributed by atoms with E-state index in [0.29, 0.717) is 0 Å². The fourth-order valence-corrected chi connectivity index (χ4v) is 2.74. The van der Waals surface area contributed by atoms with Crippen molar-refractivity contribution in [2.45, 2.75) is 36.8 Å². The zero-order valence-electron chi connectivity index (χ0n) is 8.11. The second-order valence-corrected chi connectivity index (χ2v) is 4.66. The van der Waals surface area contributed by atoms with Crippen LogP contribution in [0.2, 0.25) is 0 Å². The van der Waals surface area contributed by atoms with Gasteiger partial charge < -0.3 is 10.8 Å². The van der Waals surface area contributed by atoms with Crippen molar-refractivity contribution in [3.05, 3.63) is 35.4 Å². The van der Waals surface area contributed by atoms with Crippen molar-refractivity contribution in [3.63, 3.8) is 0 Å². The lowest BCUT2D eigenvalue weighted by molar-refractivity contribution is 0.112. The van der Waals surface area contributed by atoms with E-state index in [1.165, 1.54) is 18.4 Å². The lowest BCUT2D eigenvalue weighted by Gasteiger charge is -2.33. The summed E-state index contributed by atoms with van der Waals surface area (Å²) in [7, 11) is 0. The Morgan fingerprint density at radius 3 is 2.71 bits per heavy atom. The van der Waals surface area contributed by atoms with Crippen LogP contribution >= 0.6 is 0 Å². The van der Waals surface area contributed by atoms with Crippen LogP contribution in [0.4, 0.5) is 0 Å². The first-order valence-corrected chi connectivity index (χ1v) is 5.26. The summed E-state index contributed by atoms with van der Waals surface area (Å²) in [4.78, 5) is 0. The fraction of sp³-hybridized carbons (Fsp3) is 0.500. The summed E-state index contributed by atoms with van der Waals surface area (Å²) in [6.07, 6.45) is 2.93. The van der Waals surface area contributed by atoms with E-state index in [2.05, 4.69) is 18.2 Å². The molecule has 2 heteroatoms. The summed E-state index contributed by atoms with van der Waals surface area (Å²) in [5.41, 5.74) is 8.82. The molecule has 1 aromatic carbocycles. The molecule has 1 fully saturated rings. The topological polar surface area (TPSA) is 46.2 Å². The number of hydrogen-bond donors (Lipinski definition) is 2. The molecule has 0 aliphatic heterocycles. The zero-order chi connectivity index (χ0) is 9.76. The van der Waals surface area contributed by atoms with E-state index in [1.54, 1.807) is 0 Å². The number of hydrogen-bond acceptors (Lipinski definition) is 2. The number of aliphatic hydroxyl groups is 1. The molecule has 3 rings (SSSR count). The zero-order valence-corrected chi connectivity index (χ0v) is 8.11. The Morgan fingerprint density at radius 2 is 2.00 bits per heavy atom. The van der Waals surface area contributed by atoms with Crippen molar-refractivity contribution in [2.75, 3.05) is 0 Å². The number of benzene rings is 1. The summed E-state index contributed by atoms with van der Waals surface area (Å²) in [6, 6.07) is 8.13. The van der Waals surface area contributed by atoms with Gasteiger partial charge in [-0.15, -0.1) is 0 Å². The van der Waals surface area contributed by atoms with Gasteiger partial charge in [-0.1, -0.05) is 24.3 Å². The van der Waals surface area contributed by atoms with Crippen LogP contribution in [0, 0.1) is 0 Å². The maximum Gasteiger partial charge on any atom is 0.0741 e. The summed E-state index contributed by atoms with van der Waals surface area (Å²) in [5, 5.41) is 9.88. The third-order valence-corrected chi connectivity index (χ3v) is 3.76. The molecule has 0 radical (unpaired) electrons. The van der Waals surface area contributed by atoms with Gasteiger partial charge in [-0.2, -0.15) is 0 Å². The molecule has 2 atom stereocenters. The van der Waals surface area contributed by atoms with Crippen LogP contribution in [-0.2, 0) is 5.41 Å². The van der Waals surface area contributed by atoms with Crippen LogP contribution in [0.1, 0.15) is 36.4 Å². The fourth-order valence-electron chi connectivity index (χ4n) is 2.74. The maximum atomic E-state index is 9.88. The third kappa shape index (κ3) is 0.983. The number of fused-ring (bicyclic) bond motifs is 2. The molecule has 2 nitrogen and oxygen atoms in total. The summed E-state index contributed by atoms with van der Waals surface area (Å²) >= 11 is 0. The Hall–Kier alpha value is -0.860. The molecular formula is C12H15NO. The molecule has 14 heavy (non-hydrogen) atoms. The van der Waals surface area contributed by atoms with E-state index in [1.807, 2.05) is 6.07 Å². The average molecular weight is 189 g/mol. The average Bonchev–Trinajstić information content (AvgIpc) is 2.96. The summed E-state index contributed by atoms with van der Waals surface area (Å²) < 4.78 is 0. The van der Waals surface area contributed by atoms with Gasteiger partial charge in [0.1, 0.15) is 0 Å². The molecule has 0 aromatic heterocycles. The van der Waals surface area contributed by atoms with Crippen molar-refractivity contribution >= 4 is 0 Å². The Balaban J connectivity index is 2.16. The monoisotopic (exact) mass is 189 g/mol. The van der Waals surface area contributed by atoms with Crippen LogP contribution in [0.25, 0.3) is 0 Å². The normalized spacial score (nSPS) is 32.7. The molecule has 1 spiro atoms. The SMILES string of the molecule is N[C@@H]1c2ccccc2C2(CC2)C[C@H]1O. The minimum atomic E-state index is -0.354. The Bertz CT molecular complexity index is 370. The minimum absolute atomic E-state index is 0.183. The Labute approximate surface area is 83.7 Å². The van der Waals surface area contributed by atoms with Crippen LogP contribution in [0.15, 0.2) is 24.3 Å². The molecule has 3 N–H and O–H groups in total. The van der Waals surface area contributed by atoms with E-state index in [0.717, 1.165) is 12.0 Å². The standard InChI is InChI=1S/C12H15NO/c13-11-8-3-1-2-4-9(8)12(5-6-12)7-10(11)14/h1-4,10-11,14H,5-7,13H2/t10-,11-/m1/s1. The molecule has 2 aliphatic carbocycles. The number of rotatable bonds is 0. The maximum absolute atomic E-state index is 9.88. The Morgan fingerprint density at radius 1 is 1.29 bits per heavy atom. The quantitative estimate of drug-likeness (QED) is 0.649. The number of nitrogens with two attached hydrogens (primary N) is 1. The molecule has 2 aliphatic rings. The lowest BCUT2D eigenvalue weighted by atomic mass is 9.76. The molecular weight excluding hydrogens is 174 g/mol. The molecule has 0 heterocycles. The smallest absolute Gasteiger partial charge is 0.0741 e. The second-order valence-electron chi connectivity index (χ2n) is 4.66. The van der Waals surface area contributed by atoms with E-state index in [4.69, 9.17) is 5.73 Å². The van der Waals surface area contributed by atoms with Crippen molar-refractivity contribution < 1.29 is 5.11 Å². The molecule has 0 amide bonds. The molecule has 1 saturated carbocycles. The highest BCUT2D eigenvalue weighted by atomic mass is 16.3. The highest BCUT2D eigenvalue weighted by Crippen LogP contribution is 2.56. The first-order valence-electron chi connectivity index (χ1n) is 5.26. The van der Waals surface area contributed by atoms with Gasteiger partial charge in [0.25, 0.3) is 0 Å². The van der Waals surface area contributed by atoms with Gasteiger partial charge in [-0.3, -0.25) is 0 Å². The van der Waals surface area contributed by atoms with Crippen LogP contribution in [0.3, 0.4) is 0 Å². The predicted molar refractivity (Wildman–Crippen MR) is 54.9 cm³/mol. The first kappa shape index (κ1) is 8.45. The van der Waals surface area contributed by atoms with E-state index in [-0.39, 0.29) is 17.6 Å². The van der Waals surface area contributed by atoms with Crippen LogP contribution in [-0.4, -0.2) is 11.2 Å². The van der Waals surface area contributed by atoms with Crippen molar-refractivity contribution in [3.8, 4) is 0 Å². The van der Waals surface area contributed by atoms with Gasteiger partial charge in [0, 0.05) is 0 Å². The molecule has 74 valence electrons. The van der Waals surface area contributed by atoms with E-state index < -0.39 is 0 Å². The van der Waals surface area contributed by atoms with Crippen molar-refractivity contribution in [1.82, 2.24) is 0 Å². The molecule has 0 unspecified atom stereocenters. The van der Waals surface area contributed by atoms with Crippen LogP contribution in [0.5, 0.6) is 0 Å². The third-order valence-electron chi connectivity index (χ3n) is 3.76. The van der Waals surface area contributed by atoms with Gasteiger partial charge in [-0.25, -0.2) is 0 Å². The summed E-state index contributed by atoms with van der Waals surface area (Å²) in [5.74, 6) is 0. The van der Waals surface area contributed by atoms with Gasteiger partial charge in [-0.05, 0) is 35.8 Å². The molecule has 1 aromatic rings. The predicted octanol–water partition coefficient (Wildman–Crippen LogP) is 1.48. The lowest BCUT2D eigenvalue weighted by Crippen LogP contribution is -2.36. The second kappa shape index (κ2) is 2.59. The highest BCUT2D eigenvalue weighted by molar-refractivity contribution is 5.43. The number of aliphatic hydroxyl groups excluding tert-OH is 1. The van der Waals surface area contributed by atoms with Gasteiger partial charge >= 0.3 is 0 Å². The summed E-state index contributed by atoms with van der Waals surface area (Å²) in [6.45, 7) is 0. The van der Waals surface area contributed by atoms with Crippen molar-refractivity contribution in [2.24, 2.45) is 5.73 Å².